The van der Waals surface area contributed by atoms with E-state index in [4.69, 9.17) is 9.53 Å². The predicted molar refractivity (Wildman–Crippen MR) is 125 cm³/mol. The zero-order valence-corrected chi connectivity index (χ0v) is 18.5. The quantitative estimate of drug-likeness (QED) is 0.499. The van der Waals surface area contributed by atoms with Crippen LogP contribution in [0.5, 0.6) is 5.75 Å². The number of carbonyl (C=O) groups excluding carboxylic acids is 1. The highest BCUT2D eigenvalue weighted by Gasteiger charge is 2.28. The fourth-order valence-electron chi connectivity index (χ4n) is 4.02. The van der Waals surface area contributed by atoms with Crippen LogP contribution in [0.25, 0.3) is 22.2 Å². The van der Waals surface area contributed by atoms with E-state index in [-0.39, 0.29) is 13.0 Å². The summed E-state index contributed by atoms with van der Waals surface area (Å²) in [6.45, 7) is 3.74. The third-order valence-corrected chi connectivity index (χ3v) is 5.49. The number of nitrogens with one attached hydrogen (secondary N) is 1. The number of primary amides is 1. The minimum Gasteiger partial charge on any atom is -0.491 e. The second-order valence-electron chi connectivity index (χ2n) is 8.02. The highest BCUT2D eigenvalue weighted by atomic mass is 19.1. The van der Waals surface area contributed by atoms with Crippen molar-refractivity contribution in [2.24, 2.45) is 5.73 Å². The lowest BCUT2D eigenvalue weighted by molar-refractivity contribution is -0.106. The number of nitriles is 1. The number of rotatable bonds is 7. The molecule has 0 spiro atoms. The molecule has 0 radical (unpaired) electrons. The summed E-state index contributed by atoms with van der Waals surface area (Å²) in [6, 6.07) is 17.1. The summed E-state index contributed by atoms with van der Waals surface area (Å²) in [4.78, 5) is 8.58. The number of benzene rings is 2. The number of nitrogens with zero attached hydrogens (tertiary/aromatic N) is 2. The Morgan fingerprint density at radius 2 is 1.97 bits per heavy atom. The van der Waals surface area contributed by atoms with E-state index in [1.54, 1.807) is 0 Å². The summed E-state index contributed by atoms with van der Waals surface area (Å²) in [5.74, 6) is 0.640. The zero-order valence-electron chi connectivity index (χ0n) is 18.5. The first-order valence-corrected chi connectivity index (χ1v) is 10.8. The van der Waals surface area contributed by atoms with E-state index < -0.39 is 6.67 Å². The number of amides is 1. The molecule has 1 aliphatic rings. The highest BCUT2D eigenvalue weighted by molar-refractivity contribution is 5.95. The Balaban J connectivity index is 0.000000913. The number of ether oxygens (including phenoxy) is 1. The van der Waals surface area contributed by atoms with Gasteiger partial charge < -0.3 is 20.4 Å². The maximum atomic E-state index is 12.5. The molecule has 0 bridgehead atoms. The SMILES string of the molecule is CC(C)Nc1ccc(-c2c(C#N)c3ccc(OCCF)cc3n2C2CCC2)cc1.NC=O. The fraction of sp³-hybridized carbons (Fsp3) is 0.360. The van der Waals surface area contributed by atoms with Gasteiger partial charge in [0.2, 0.25) is 6.41 Å². The van der Waals surface area contributed by atoms with Gasteiger partial charge >= 0.3 is 0 Å². The van der Waals surface area contributed by atoms with Crippen LogP contribution in [0.3, 0.4) is 0 Å². The summed E-state index contributed by atoms with van der Waals surface area (Å²) in [7, 11) is 0. The monoisotopic (exact) mass is 436 g/mol. The Bertz CT molecular complexity index is 1100. The standard InChI is InChI=1S/C24H26FN3O.CH3NO/c1-16(2)27-18-8-6-17(7-9-18)24-22(15-26)21-11-10-20(29-13-12-25)14-23(21)28(24)19-4-3-5-19;2-1-3/h6-11,14,16,19,27H,3-5,12-13H2,1-2H3;1H,(H2,2,3). The number of anilines is 1. The topological polar surface area (TPSA) is 93.1 Å². The van der Waals surface area contributed by atoms with Gasteiger partial charge in [0.15, 0.2) is 0 Å². The van der Waals surface area contributed by atoms with Crippen molar-refractivity contribution in [2.45, 2.75) is 45.2 Å². The van der Waals surface area contributed by atoms with Crippen LogP contribution in [-0.4, -0.2) is 30.3 Å². The summed E-state index contributed by atoms with van der Waals surface area (Å²) in [5, 5.41) is 14.3. The van der Waals surface area contributed by atoms with Gasteiger partial charge in [0.05, 0.1) is 16.8 Å². The molecule has 1 fully saturated rings. The van der Waals surface area contributed by atoms with Crippen molar-refractivity contribution >= 4 is 23.0 Å². The first-order valence-electron chi connectivity index (χ1n) is 10.8. The van der Waals surface area contributed by atoms with E-state index in [0.29, 0.717) is 23.4 Å². The third-order valence-electron chi connectivity index (χ3n) is 5.49. The van der Waals surface area contributed by atoms with Crippen molar-refractivity contribution < 1.29 is 13.9 Å². The molecule has 1 aromatic heterocycles. The van der Waals surface area contributed by atoms with Crippen LogP contribution in [0.4, 0.5) is 10.1 Å². The molecule has 32 heavy (non-hydrogen) atoms. The third kappa shape index (κ3) is 4.86. The van der Waals surface area contributed by atoms with Crippen LogP contribution < -0.4 is 15.8 Å². The second kappa shape index (κ2) is 10.7. The van der Waals surface area contributed by atoms with Crippen molar-refractivity contribution in [3.63, 3.8) is 0 Å². The molecule has 1 heterocycles. The van der Waals surface area contributed by atoms with Crippen LogP contribution in [0.2, 0.25) is 0 Å². The minimum atomic E-state index is -0.521. The summed E-state index contributed by atoms with van der Waals surface area (Å²) >= 11 is 0. The molecule has 6 nitrogen and oxygen atoms in total. The van der Waals surface area contributed by atoms with Gasteiger partial charge in [-0.05, 0) is 62.9 Å². The molecule has 2 aromatic carbocycles. The van der Waals surface area contributed by atoms with Gasteiger partial charge in [-0.3, -0.25) is 4.79 Å². The molecule has 1 saturated carbocycles. The van der Waals surface area contributed by atoms with E-state index in [9.17, 15) is 9.65 Å². The minimum absolute atomic E-state index is 0.0396. The Hall–Kier alpha value is -3.53. The first kappa shape index (κ1) is 23.1. The van der Waals surface area contributed by atoms with Crippen LogP contribution >= 0.6 is 0 Å². The number of hydrogen-bond donors (Lipinski definition) is 2. The summed E-state index contributed by atoms with van der Waals surface area (Å²) in [6.07, 6.45) is 3.65. The van der Waals surface area contributed by atoms with Gasteiger partial charge in [-0.2, -0.15) is 5.26 Å². The van der Waals surface area contributed by atoms with E-state index in [1.165, 1.54) is 6.42 Å². The number of aromatic nitrogens is 1. The molecular formula is C25H29FN4O2. The van der Waals surface area contributed by atoms with Crippen molar-refractivity contribution in [1.82, 2.24) is 4.57 Å². The normalized spacial score (nSPS) is 13.1. The molecule has 1 amide bonds. The number of nitrogens with two attached hydrogens (primary N) is 1. The molecule has 0 unspecified atom stereocenters. The van der Waals surface area contributed by atoms with Crippen LogP contribution in [-0.2, 0) is 4.79 Å². The van der Waals surface area contributed by atoms with Gasteiger partial charge in [-0.25, -0.2) is 4.39 Å². The van der Waals surface area contributed by atoms with Crippen molar-refractivity contribution in [2.75, 3.05) is 18.6 Å². The van der Waals surface area contributed by atoms with Crippen LogP contribution in [0.1, 0.15) is 44.7 Å². The predicted octanol–water partition coefficient (Wildman–Crippen LogP) is 5.18. The summed E-state index contributed by atoms with van der Waals surface area (Å²) in [5.41, 5.74) is 8.90. The van der Waals surface area contributed by atoms with Crippen molar-refractivity contribution in [3.8, 4) is 23.1 Å². The average Bonchev–Trinajstić information content (AvgIpc) is 3.05. The van der Waals surface area contributed by atoms with Gasteiger partial charge in [0.25, 0.3) is 0 Å². The van der Waals surface area contributed by atoms with Gasteiger partial charge in [-0.15, -0.1) is 0 Å². The number of halogens is 1. The maximum Gasteiger partial charge on any atom is 0.204 e. The number of fused-ring (bicyclic) bond motifs is 1. The molecule has 1 aliphatic carbocycles. The Morgan fingerprint density at radius 3 is 2.50 bits per heavy atom. The first-order chi connectivity index (χ1) is 15.5. The molecule has 168 valence electrons. The van der Waals surface area contributed by atoms with Crippen molar-refractivity contribution in [1.29, 1.82) is 5.26 Å². The largest absolute Gasteiger partial charge is 0.491 e. The maximum absolute atomic E-state index is 12.5. The molecule has 0 saturated heterocycles. The van der Waals surface area contributed by atoms with Gasteiger partial charge in [0, 0.05) is 29.2 Å². The number of alkyl halides is 1. The molecule has 7 heteroatoms. The average molecular weight is 437 g/mol. The van der Waals surface area contributed by atoms with Gasteiger partial charge in [0.1, 0.15) is 25.1 Å². The second-order valence-corrected chi connectivity index (χ2v) is 8.02. The smallest absolute Gasteiger partial charge is 0.204 e. The van der Waals surface area contributed by atoms with Crippen molar-refractivity contribution in [3.05, 3.63) is 48.0 Å². The van der Waals surface area contributed by atoms with Crippen LogP contribution in [0.15, 0.2) is 42.5 Å². The zero-order chi connectivity index (χ0) is 23.1. The van der Waals surface area contributed by atoms with E-state index in [2.05, 4.69) is 59.8 Å². The molecule has 3 N–H and O–H groups in total. The highest BCUT2D eigenvalue weighted by Crippen LogP contribution is 2.43. The lowest BCUT2D eigenvalue weighted by Crippen LogP contribution is -2.18. The molecule has 0 aliphatic heterocycles. The Morgan fingerprint density at radius 1 is 1.28 bits per heavy atom. The van der Waals surface area contributed by atoms with E-state index in [1.807, 2.05) is 18.2 Å². The fourth-order valence-corrected chi connectivity index (χ4v) is 4.02. The Labute approximate surface area is 187 Å². The number of carbonyl (C=O) groups is 1. The Kier molecular flexibility index (Phi) is 7.72. The molecular weight excluding hydrogens is 407 g/mol. The van der Waals surface area contributed by atoms with E-state index in [0.717, 1.165) is 40.7 Å². The lowest BCUT2D eigenvalue weighted by Gasteiger charge is -2.30. The molecule has 3 aromatic rings. The number of hydrogen-bond acceptors (Lipinski definition) is 4. The summed E-state index contributed by atoms with van der Waals surface area (Å²) < 4.78 is 20.3. The van der Waals surface area contributed by atoms with Crippen LogP contribution in [0, 0.1) is 11.3 Å². The van der Waals surface area contributed by atoms with Gasteiger partial charge in [-0.1, -0.05) is 12.1 Å². The molecule has 4 rings (SSSR count). The molecule has 0 atom stereocenters. The van der Waals surface area contributed by atoms with E-state index >= 15 is 0 Å². The lowest BCUT2D eigenvalue weighted by atomic mass is 9.92.